The molecule has 6 N–H and O–H groups in total. The van der Waals surface area contributed by atoms with Crippen molar-refractivity contribution in [1.29, 1.82) is 0 Å². The maximum absolute atomic E-state index is 14.0. The molecule has 2 aromatic rings. The van der Waals surface area contributed by atoms with Gasteiger partial charge in [0.25, 0.3) is 5.91 Å². The molecule has 0 radical (unpaired) electrons. The minimum Gasteiger partial charge on any atom is -0.366 e. The number of aromatic nitrogens is 1. The lowest BCUT2D eigenvalue weighted by Gasteiger charge is -2.14. The Morgan fingerprint density at radius 1 is 1.17 bits per heavy atom. The van der Waals surface area contributed by atoms with Crippen LogP contribution in [0.2, 0.25) is 0 Å². The van der Waals surface area contributed by atoms with Crippen LogP contribution >= 0.6 is 0 Å². The second kappa shape index (κ2) is 7.06. The summed E-state index contributed by atoms with van der Waals surface area (Å²) in [5.41, 5.74) is 13.6. The molecule has 1 aromatic heterocycles. The summed E-state index contributed by atoms with van der Waals surface area (Å²) < 4.78 is 14.0. The number of rotatable bonds is 6. The van der Waals surface area contributed by atoms with Crippen LogP contribution in [0.1, 0.15) is 21.5 Å². The van der Waals surface area contributed by atoms with Crippen molar-refractivity contribution in [3.05, 3.63) is 46.8 Å². The number of benzene rings is 1. The normalized spacial score (nSPS) is 10.4. The fraction of sp³-hybridized carbons (Fsp3) is 0.250. The van der Waals surface area contributed by atoms with E-state index >= 15 is 0 Å². The molecule has 1 heterocycles. The van der Waals surface area contributed by atoms with Gasteiger partial charge in [0, 0.05) is 18.8 Å². The Morgan fingerprint density at radius 2 is 1.83 bits per heavy atom. The molecule has 0 aliphatic carbocycles. The van der Waals surface area contributed by atoms with Gasteiger partial charge in [-0.1, -0.05) is 6.07 Å². The zero-order valence-corrected chi connectivity index (χ0v) is 13.1. The number of aryl methyl sites for hydroxylation is 2. The Morgan fingerprint density at radius 3 is 2.39 bits per heavy atom. The van der Waals surface area contributed by atoms with Gasteiger partial charge in [0.2, 0.25) is 0 Å². The highest BCUT2D eigenvalue weighted by molar-refractivity contribution is 5.98. The summed E-state index contributed by atoms with van der Waals surface area (Å²) in [7, 11) is 0. The predicted octanol–water partition coefficient (Wildman–Crippen LogP) is 2.05. The van der Waals surface area contributed by atoms with Gasteiger partial charge >= 0.3 is 0 Å². The number of anilines is 3. The van der Waals surface area contributed by atoms with Gasteiger partial charge in [-0.2, -0.15) is 0 Å². The SMILES string of the molecule is Cc1cc(C)cc(Nc2nc(NCCN)c(F)cc2C(N)=O)c1. The van der Waals surface area contributed by atoms with Crippen LogP contribution in [-0.4, -0.2) is 24.0 Å². The van der Waals surface area contributed by atoms with Gasteiger partial charge in [-0.15, -0.1) is 0 Å². The van der Waals surface area contributed by atoms with E-state index in [1.54, 1.807) is 0 Å². The summed E-state index contributed by atoms with van der Waals surface area (Å²) in [6, 6.07) is 6.89. The van der Waals surface area contributed by atoms with Gasteiger partial charge in [0.05, 0.1) is 5.56 Å². The standard InChI is InChI=1S/C16H20FN5O/c1-9-5-10(2)7-11(6-9)21-15-12(14(19)23)8-13(17)16(22-15)20-4-3-18/h5-8H,3-4,18H2,1-2H3,(H2,19,23)(H2,20,21,22). The first-order valence-corrected chi connectivity index (χ1v) is 7.20. The van der Waals surface area contributed by atoms with Gasteiger partial charge in [0.15, 0.2) is 11.6 Å². The van der Waals surface area contributed by atoms with Gasteiger partial charge in [-0.05, 0) is 43.2 Å². The first-order chi connectivity index (χ1) is 10.9. The monoisotopic (exact) mass is 317 g/mol. The second-order valence-corrected chi connectivity index (χ2v) is 5.30. The van der Waals surface area contributed by atoms with E-state index in [0.717, 1.165) is 22.9 Å². The van der Waals surface area contributed by atoms with Crippen molar-refractivity contribution in [2.45, 2.75) is 13.8 Å². The molecule has 0 fully saturated rings. The van der Waals surface area contributed by atoms with E-state index in [1.807, 2.05) is 32.0 Å². The van der Waals surface area contributed by atoms with Crippen LogP contribution in [0.15, 0.2) is 24.3 Å². The molecule has 0 aliphatic rings. The van der Waals surface area contributed by atoms with Crippen LogP contribution in [-0.2, 0) is 0 Å². The Labute approximate surface area is 134 Å². The average Bonchev–Trinajstić information content (AvgIpc) is 2.46. The van der Waals surface area contributed by atoms with Gasteiger partial charge in [0.1, 0.15) is 5.82 Å². The summed E-state index contributed by atoms with van der Waals surface area (Å²) in [4.78, 5) is 15.7. The lowest BCUT2D eigenvalue weighted by molar-refractivity contribution is 0.100. The number of hydrogen-bond acceptors (Lipinski definition) is 5. The Hall–Kier alpha value is -2.67. The van der Waals surface area contributed by atoms with Gasteiger partial charge in [-0.25, -0.2) is 9.37 Å². The molecule has 7 heteroatoms. The molecule has 2 rings (SSSR count). The summed E-state index contributed by atoms with van der Waals surface area (Å²) in [6.07, 6.45) is 0. The third-order valence-electron chi connectivity index (χ3n) is 3.16. The van der Waals surface area contributed by atoms with Crippen LogP contribution in [0.25, 0.3) is 0 Å². The number of nitrogens with one attached hydrogen (secondary N) is 2. The fourth-order valence-corrected chi connectivity index (χ4v) is 2.27. The zero-order chi connectivity index (χ0) is 17.0. The number of nitrogens with two attached hydrogens (primary N) is 2. The Kier molecular flexibility index (Phi) is 5.13. The Balaban J connectivity index is 2.43. The third-order valence-corrected chi connectivity index (χ3v) is 3.16. The quantitative estimate of drug-likeness (QED) is 0.652. The molecule has 0 bridgehead atoms. The first kappa shape index (κ1) is 16.7. The van der Waals surface area contributed by atoms with Crippen molar-refractivity contribution in [2.75, 3.05) is 23.7 Å². The number of pyridine rings is 1. The Bertz CT molecular complexity index is 712. The topological polar surface area (TPSA) is 106 Å². The zero-order valence-electron chi connectivity index (χ0n) is 13.1. The number of hydrogen-bond donors (Lipinski definition) is 4. The van der Waals surface area contributed by atoms with E-state index in [2.05, 4.69) is 15.6 Å². The smallest absolute Gasteiger partial charge is 0.252 e. The lowest BCUT2D eigenvalue weighted by Crippen LogP contribution is -2.18. The van der Waals surface area contributed by atoms with E-state index in [9.17, 15) is 9.18 Å². The molecule has 1 aromatic carbocycles. The lowest BCUT2D eigenvalue weighted by atomic mass is 10.1. The van der Waals surface area contributed by atoms with Crippen molar-refractivity contribution >= 4 is 23.2 Å². The number of carbonyl (C=O) groups excluding carboxylic acids is 1. The average molecular weight is 317 g/mol. The number of carbonyl (C=O) groups is 1. The van der Waals surface area contributed by atoms with Crippen LogP contribution < -0.4 is 22.1 Å². The van der Waals surface area contributed by atoms with Crippen LogP contribution in [0, 0.1) is 19.7 Å². The maximum atomic E-state index is 14.0. The summed E-state index contributed by atoms with van der Waals surface area (Å²) >= 11 is 0. The molecule has 23 heavy (non-hydrogen) atoms. The van der Waals surface area contributed by atoms with Crippen molar-refractivity contribution in [3.8, 4) is 0 Å². The van der Waals surface area contributed by atoms with Crippen LogP contribution in [0.3, 0.4) is 0 Å². The largest absolute Gasteiger partial charge is 0.366 e. The molecule has 0 unspecified atom stereocenters. The van der Waals surface area contributed by atoms with Gasteiger partial charge in [-0.3, -0.25) is 4.79 Å². The molecule has 1 amide bonds. The van der Waals surface area contributed by atoms with E-state index in [4.69, 9.17) is 11.5 Å². The molecule has 122 valence electrons. The molecule has 6 nitrogen and oxygen atoms in total. The highest BCUT2D eigenvalue weighted by atomic mass is 19.1. The van der Waals surface area contributed by atoms with Gasteiger partial charge < -0.3 is 22.1 Å². The highest BCUT2D eigenvalue weighted by Gasteiger charge is 2.16. The van der Waals surface area contributed by atoms with Crippen molar-refractivity contribution in [2.24, 2.45) is 11.5 Å². The molecule has 0 atom stereocenters. The summed E-state index contributed by atoms with van der Waals surface area (Å²) in [5, 5.41) is 5.80. The minimum atomic E-state index is -0.756. The van der Waals surface area contributed by atoms with E-state index in [0.29, 0.717) is 13.1 Å². The third kappa shape index (κ3) is 4.17. The van der Waals surface area contributed by atoms with E-state index in [1.165, 1.54) is 0 Å². The number of primary amides is 1. The van der Waals surface area contributed by atoms with E-state index in [-0.39, 0.29) is 17.2 Å². The summed E-state index contributed by atoms with van der Waals surface area (Å²) in [5.74, 6) is -1.19. The number of nitrogens with zero attached hydrogens (tertiary/aromatic N) is 1. The number of halogens is 1. The van der Waals surface area contributed by atoms with Crippen molar-refractivity contribution < 1.29 is 9.18 Å². The molecular formula is C16H20FN5O. The number of amides is 1. The molecule has 0 aliphatic heterocycles. The van der Waals surface area contributed by atoms with E-state index < -0.39 is 11.7 Å². The molecular weight excluding hydrogens is 297 g/mol. The fourth-order valence-electron chi connectivity index (χ4n) is 2.27. The second-order valence-electron chi connectivity index (χ2n) is 5.30. The van der Waals surface area contributed by atoms with Crippen LogP contribution in [0.4, 0.5) is 21.7 Å². The van der Waals surface area contributed by atoms with Crippen LogP contribution in [0.5, 0.6) is 0 Å². The van der Waals surface area contributed by atoms with Crippen molar-refractivity contribution in [1.82, 2.24) is 4.98 Å². The predicted molar refractivity (Wildman–Crippen MR) is 89.5 cm³/mol. The summed E-state index contributed by atoms with van der Waals surface area (Å²) in [6.45, 7) is 4.61. The highest BCUT2D eigenvalue weighted by Crippen LogP contribution is 2.24. The minimum absolute atomic E-state index is 0.0139. The molecule has 0 spiro atoms. The van der Waals surface area contributed by atoms with Crippen molar-refractivity contribution in [3.63, 3.8) is 0 Å². The molecule has 0 saturated carbocycles. The molecule has 0 saturated heterocycles. The first-order valence-electron chi connectivity index (χ1n) is 7.20. The maximum Gasteiger partial charge on any atom is 0.252 e.